The van der Waals surface area contributed by atoms with Gasteiger partial charge in [-0.3, -0.25) is 5.10 Å². The number of hydrogen-bond acceptors (Lipinski definition) is 3. The van der Waals surface area contributed by atoms with E-state index in [0.29, 0.717) is 11.5 Å². The Bertz CT molecular complexity index is 542. The molecule has 2 aromatic rings. The molecule has 0 saturated heterocycles. The summed E-state index contributed by atoms with van der Waals surface area (Å²) in [6, 6.07) is 4.87. The summed E-state index contributed by atoms with van der Waals surface area (Å²) < 4.78 is 0. The van der Waals surface area contributed by atoms with Crippen molar-refractivity contribution in [3.8, 4) is 10.6 Å². The lowest BCUT2D eigenvalue weighted by molar-refractivity contribution is 0.198. The molecule has 1 atom stereocenters. The van der Waals surface area contributed by atoms with Crippen molar-refractivity contribution in [3.05, 3.63) is 29.3 Å². The number of nitrogens with one attached hydrogen (secondary N) is 2. The van der Waals surface area contributed by atoms with Gasteiger partial charge in [-0.1, -0.05) is 26.3 Å². The molecule has 0 aromatic carbocycles. The van der Waals surface area contributed by atoms with Gasteiger partial charge < -0.3 is 5.32 Å². The third-order valence-electron chi connectivity index (χ3n) is 4.27. The van der Waals surface area contributed by atoms with Crippen LogP contribution < -0.4 is 5.32 Å². The quantitative estimate of drug-likeness (QED) is 0.885. The summed E-state index contributed by atoms with van der Waals surface area (Å²) in [5.74, 6) is 0. The van der Waals surface area contributed by atoms with E-state index in [1.54, 1.807) is 11.3 Å². The summed E-state index contributed by atoms with van der Waals surface area (Å²) in [4.78, 5) is 1.27. The lowest BCUT2D eigenvalue weighted by Gasteiger charge is -2.35. The molecule has 4 heteroatoms. The van der Waals surface area contributed by atoms with E-state index in [-0.39, 0.29) is 0 Å². The molecule has 3 nitrogen and oxygen atoms in total. The number of thiophene rings is 1. The maximum atomic E-state index is 4.21. The minimum atomic E-state index is 0.489. The van der Waals surface area contributed by atoms with Crippen LogP contribution in [0, 0.1) is 5.41 Å². The van der Waals surface area contributed by atoms with E-state index in [2.05, 4.69) is 46.9 Å². The van der Waals surface area contributed by atoms with Gasteiger partial charge in [0.2, 0.25) is 0 Å². The number of hydrogen-bond donors (Lipinski definition) is 2. The first-order valence-corrected chi connectivity index (χ1v) is 8.31. The smallest absolute Gasteiger partial charge is 0.0794 e. The molecular weight excluding hydrogens is 266 g/mol. The highest BCUT2D eigenvalue weighted by molar-refractivity contribution is 7.13. The molecule has 1 saturated carbocycles. The molecular formula is C16H23N3S. The third kappa shape index (κ3) is 3.13. The lowest BCUT2D eigenvalue weighted by Crippen LogP contribution is -2.36. The van der Waals surface area contributed by atoms with Gasteiger partial charge in [0.15, 0.2) is 0 Å². The highest BCUT2D eigenvalue weighted by atomic mass is 32.1. The molecule has 1 fully saturated rings. The Balaban J connectivity index is 1.63. The lowest BCUT2D eigenvalue weighted by atomic mass is 9.75. The topological polar surface area (TPSA) is 40.7 Å². The Kier molecular flexibility index (Phi) is 3.94. The first-order chi connectivity index (χ1) is 9.64. The second kappa shape index (κ2) is 5.70. The van der Waals surface area contributed by atoms with Crippen molar-refractivity contribution in [1.82, 2.24) is 15.5 Å². The number of nitrogens with zero attached hydrogens (tertiary/aromatic N) is 1. The van der Waals surface area contributed by atoms with Gasteiger partial charge in [-0.25, -0.2) is 0 Å². The van der Waals surface area contributed by atoms with Crippen molar-refractivity contribution in [2.45, 2.75) is 52.1 Å². The zero-order valence-corrected chi connectivity index (χ0v) is 13.1. The number of rotatable bonds is 4. The van der Waals surface area contributed by atoms with Gasteiger partial charge in [-0.2, -0.15) is 5.10 Å². The first-order valence-electron chi connectivity index (χ1n) is 7.44. The van der Waals surface area contributed by atoms with Crippen molar-refractivity contribution in [3.63, 3.8) is 0 Å². The van der Waals surface area contributed by atoms with Crippen LogP contribution in [0.15, 0.2) is 23.7 Å². The maximum absolute atomic E-state index is 4.21. The average Bonchev–Trinajstić information content (AvgIpc) is 3.06. The van der Waals surface area contributed by atoms with Crippen molar-refractivity contribution in [2.75, 3.05) is 0 Å². The van der Waals surface area contributed by atoms with Gasteiger partial charge in [0.05, 0.1) is 16.8 Å². The molecule has 2 aromatic heterocycles. The van der Waals surface area contributed by atoms with Crippen LogP contribution >= 0.6 is 11.3 Å². The van der Waals surface area contributed by atoms with Crippen LogP contribution in [0.1, 0.15) is 45.1 Å². The monoisotopic (exact) mass is 289 g/mol. The van der Waals surface area contributed by atoms with Gasteiger partial charge in [-0.05, 0) is 36.1 Å². The molecule has 1 aliphatic carbocycles. The van der Waals surface area contributed by atoms with Crippen LogP contribution in [0.3, 0.4) is 0 Å². The standard InChI is InChI=1S/C16H23N3S/c1-16(2)7-3-5-13(9-16)17-10-12-11-18-19-15(12)14-6-4-8-20-14/h4,6,8,11,13,17H,3,5,7,9-10H2,1-2H3,(H,18,19). The predicted octanol–water partition coefficient (Wildman–Crippen LogP) is 4.20. The van der Waals surface area contributed by atoms with Gasteiger partial charge >= 0.3 is 0 Å². The van der Waals surface area contributed by atoms with Gasteiger partial charge in [0.1, 0.15) is 0 Å². The van der Waals surface area contributed by atoms with Crippen LogP contribution in [0.5, 0.6) is 0 Å². The van der Waals surface area contributed by atoms with Gasteiger partial charge in [-0.15, -0.1) is 11.3 Å². The van der Waals surface area contributed by atoms with Crippen LogP contribution in [-0.4, -0.2) is 16.2 Å². The van der Waals surface area contributed by atoms with E-state index in [0.717, 1.165) is 6.54 Å². The fraction of sp³-hybridized carbons (Fsp3) is 0.562. The molecule has 2 heterocycles. The molecule has 1 unspecified atom stereocenters. The van der Waals surface area contributed by atoms with Crippen LogP contribution in [-0.2, 0) is 6.54 Å². The summed E-state index contributed by atoms with van der Waals surface area (Å²) >= 11 is 1.76. The van der Waals surface area contributed by atoms with Gasteiger partial charge in [0.25, 0.3) is 0 Å². The molecule has 0 bridgehead atoms. The third-order valence-corrected chi connectivity index (χ3v) is 5.16. The van der Waals surface area contributed by atoms with Crippen LogP contribution in [0.25, 0.3) is 10.6 Å². The van der Waals surface area contributed by atoms with Crippen molar-refractivity contribution in [1.29, 1.82) is 0 Å². The van der Waals surface area contributed by atoms with E-state index in [1.807, 2.05) is 6.20 Å². The molecule has 0 radical (unpaired) electrons. The normalized spacial score (nSPS) is 22.0. The minimum absolute atomic E-state index is 0.489. The first kappa shape index (κ1) is 13.8. The second-order valence-electron chi connectivity index (χ2n) is 6.59. The number of aromatic nitrogens is 2. The number of aromatic amines is 1. The zero-order valence-electron chi connectivity index (χ0n) is 12.3. The Morgan fingerprint density at radius 1 is 1.50 bits per heavy atom. The van der Waals surface area contributed by atoms with E-state index in [1.165, 1.54) is 41.8 Å². The molecule has 0 amide bonds. The van der Waals surface area contributed by atoms with E-state index in [9.17, 15) is 0 Å². The van der Waals surface area contributed by atoms with Crippen LogP contribution in [0.2, 0.25) is 0 Å². The Morgan fingerprint density at radius 3 is 3.15 bits per heavy atom. The fourth-order valence-electron chi connectivity index (χ4n) is 3.21. The van der Waals surface area contributed by atoms with Crippen molar-refractivity contribution >= 4 is 11.3 Å². The molecule has 0 aliphatic heterocycles. The summed E-state index contributed by atoms with van der Waals surface area (Å²) in [5.41, 5.74) is 2.93. The summed E-state index contributed by atoms with van der Waals surface area (Å²) in [6.07, 6.45) is 7.23. The highest BCUT2D eigenvalue weighted by Crippen LogP contribution is 2.35. The molecule has 0 spiro atoms. The predicted molar refractivity (Wildman–Crippen MR) is 84.8 cm³/mol. The SMILES string of the molecule is CC1(C)CCCC(NCc2cn[nH]c2-c2cccs2)C1. The Labute approximate surface area is 124 Å². The minimum Gasteiger partial charge on any atom is -0.310 e. The highest BCUT2D eigenvalue weighted by Gasteiger charge is 2.27. The number of H-pyrrole nitrogens is 1. The van der Waals surface area contributed by atoms with Crippen molar-refractivity contribution in [2.24, 2.45) is 5.41 Å². The Hall–Kier alpha value is -1.13. The fourth-order valence-corrected chi connectivity index (χ4v) is 3.96. The van der Waals surface area contributed by atoms with Gasteiger partial charge in [0, 0.05) is 18.2 Å². The molecule has 20 heavy (non-hydrogen) atoms. The van der Waals surface area contributed by atoms with E-state index in [4.69, 9.17) is 0 Å². The molecule has 2 N–H and O–H groups in total. The molecule has 108 valence electrons. The summed E-state index contributed by atoms with van der Waals surface area (Å²) in [6.45, 7) is 5.68. The van der Waals surface area contributed by atoms with E-state index >= 15 is 0 Å². The van der Waals surface area contributed by atoms with Crippen LogP contribution in [0.4, 0.5) is 0 Å². The summed E-state index contributed by atoms with van der Waals surface area (Å²) in [5, 5.41) is 13.2. The largest absolute Gasteiger partial charge is 0.310 e. The molecule has 3 rings (SSSR count). The summed E-state index contributed by atoms with van der Waals surface area (Å²) in [7, 11) is 0. The van der Waals surface area contributed by atoms with E-state index < -0.39 is 0 Å². The maximum Gasteiger partial charge on any atom is 0.0794 e. The molecule has 1 aliphatic rings. The Morgan fingerprint density at radius 2 is 2.40 bits per heavy atom. The average molecular weight is 289 g/mol. The van der Waals surface area contributed by atoms with Crippen molar-refractivity contribution < 1.29 is 0 Å². The second-order valence-corrected chi connectivity index (χ2v) is 7.53. The zero-order chi connectivity index (χ0) is 14.0.